The first-order chi connectivity index (χ1) is 8.29. The second-order valence-electron chi connectivity index (χ2n) is 4.73. The molecule has 0 nitrogen and oxygen atoms in total. The summed E-state index contributed by atoms with van der Waals surface area (Å²) in [6.07, 6.45) is 14.3. The van der Waals surface area contributed by atoms with E-state index in [1.54, 1.807) is 0 Å². The monoisotopic (exact) mass is 224 g/mol. The summed E-state index contributed by atoms with van der Waals surface area (Å²) in [5.41, 5.74) is 2.80. The summed E-state index contributed by atoms with van der Waals surface area (Å²) in [6.45, 7) is 4.59. The van der Waals surface area contributed by atoms with E-state index in [-0.39, 0.29) is 0 Å². The first-order valence-electron chi connectivity index (χ1n) is 6.38. The van der Waals surface area contributed by atoms with Crippen molar-refractivity contribution in [2.75, 3.05) is 0 Å². The third-order valence-electron chi connectivity index (χ3n) is 3.51. The van der Waals surface area contributed by atoms with Crippen molar-refractivity contribution in [2.24, 2.45) is 5.92 Å². The minimum Gasteiger partial charge on any atom is -0.0811 e. The first kappa shape index (κ1) is 11.9. The molecular weight excluding hydrogens is 204 g/mol. The van der Waals surface area contributed by atoms with Crippen molar-refractivity contribution < 1.29 is 0 Å². The summed E-state index contributed by atoms with van der Waals surface area (Å²) < 4.78 is 0. The lowest BCUT2D eigenvalue weighted by molar-refractivity contribution is 0.590. The fourth-order valence-electron chi connectivity index (χ4n) is 2.20. The quantitative estimate of drug-likeness (QED) is 0.584. The molecule has 0 saturated carbocycles. The zero-order valence-electron chi connectivity index (χ0n) is 10.6. The Kier molecular flexibility index (Phi) is 3.98. The Labute approximate surface area is 104 Å². The highest BCUT2D eigenvalue weighted by molar-refractivity contribution is 5.55. The Morgan fingerprint density at radius 3 is 2.71 bits per heavy atom. The standard InChI is InChI=1S/C17H20/c1-14-10-6-4-3-5-7-11-16-12-8-9-13-17(16)15(14)2/h3-4,6-15H,5H2,1-2H3/b4-3-,10-6-,11-7-. The molecule has 1 aromatic rings. The summed E-state index contributed by atoms with van der Waals surface area (Å²) in [4.78, 5) is 0. The van der Waals surface area contributed by atoms with Gasteiger partial charge in [0.2, 0.25) is 0 Å². The molecule has 0 radical (unpaired) electrons. The minimum atomic E-state index is 0.554. The summed E-state index contributed by atoms with van der Waals surface area (Å²) in [5.74, 6) is 1.12. The Balaban J connectivity index is 2.42. The Morgan fingerprint density at radius 2 is 1.82 bits per heavy atom. The number of hydrogen-bond acceptors (Lipinski definition) is 0. The molecule has 1 aliphatic rings. The minimum absolute atomic E-state index is 0.554. The van der Waals surface area contributed by atoms with Gasteiger partial charge in [-0.15, -0.1) is 0 Å². The summed E-state index contributed by atoms with van der Waals surface area (Å²) >= 11 is 0. The van der Waals surface area contributed by atoms with E-state index in [1.165, 1.54) is 11.1 Å². The van der Waals surface area contributed by atoms with Gasteiger partial charge in [0, 0.05) is 0 Å². The average molecular weight is 224 g/mol. The highest BCUT2D eigenvalue weighted by Crippen LogP contribution is 2.28. The number of allylic oxidation sites excluding steroid dienone is 5. The normalized spacial score (nSPS) is 29.8. The SMILES string of the molecule is CC1/C=C\C=C/C/C=C\c2ccccc2C1C. The first-order valence-corrected chi connectivity index (χ1v) is 6.38. The van der Waals surface area contributed by atoms with E-state index in [9.17, 15) is 0 Å². The van der Waals surface area contributed by atoms with Gasteiger partial charge in [-0.3, -0.25) is 0 Å². The van der Waals surface area contributed by atoms with Crippen molar-refractivity contribution >= 4 is 6.08 Å². The third-order valence-corrected chi connectivity index (χ3v) is 3.51. The molecule has 17 heavy (non-hydrogen) atoms. The van der Waals surface area contributed by atoms with Crippen LogP contribution < -0.4 is 0 Å². The Bertz CT molecular complexity index is 449. The van der Waals surface area contributed by atoms with E-state index in [4.69, 9.17) is 0 Å². The van der Waals surface area contributed by atoms with Crippen LogP contribution in [0, 0.1) is 5.92 Å². The van der Waals surface area contributed by atoms with Gasteiger partial charge in [-0.1, -0.05) is 74.6 Å². The van der Waals surface area contributed by atoms with Crippen LogP contribution in [0.15, 0.2) is 54.6 Å². The van der Waals surface area contributed by atoms with Crippen molar-refractivity contribution in [3.8, 4) is 0 Å². The van der Waals surface area contributed by atoms with E-state index >= 15 is 0 Å². The molecule has 0 saturated heterocycles. The summed E-state index contributed by atoms with van der Waals surface area (Å²) in [7, 11) is 0. The summed E-state index contributed by atoms with van der Waals surface area (Å²) in [6, 6.07) is 8.71. The van der Waals surface area contributed by atoms with Crippen LogP contribution in [0.3, 0.4) is 0 Å². The van der Waals surface area contributed by atoms with E-state index in [0.717, 1.165) is 6.42 Å². The second kappa shape index (κ2) is 5.67. The van der Waals surface area contributed by atoms with Gasteiger partial charge in [-0.2, -0.15) is 0 Å². The fraction of sp³-hybridized carbons (Fsp3) is 0.294. The van der Waals surface area contributed by atoms with Crippen LogP contribution in [0.5, 0.6) is 0 Å². The van der Waals surface area contributed by atoms with Crippen LogP contribution >= 0.6 is 0 Å². The van der Waals surface area contributed by atoms with Crippen molar-refractivity contribution in [1.82, 2.24) is 0 Å². The van der Waals surface area contributed by atoms with Crippen LogP contribution in [0.25, 0.3) is 6.08 Å². The molecule has 0 aromatic heterocycles. The van der Waals surface area contributed by atoms with Crippen molar-refractivity contribution in [2.45, 2.75) is 26.2 Å². The zero-order valence-corrected chi connectivity index (χ0v) is 10.6. The maximum absolute atomic E-state index is 2.31. The molecule has 0 amide bonds. The van der Waals surface area contributed by atoms with E-state index in [2.05, 4.69) is 74.6 Å². The zero-order chi connectivity index (χ0) is 12.1. The summed E-state index contributed by atoms with van der Waals surface area (Å²) in [5, 5.41) is 0. The molecule has 2 atom stereocenters. The molecule has 0 heterocycles. The molecule has 0 heteroatoms. The van der Waals surface area contributed by atoms with Gasteiger partial charge < -0.3 is 0 Å². The molecule has 0 bridgehead atoms. The van der Waals surface area contributed by atoms with Crippen LogP contribution in [0.1, 0.15) is 37.3 Å². The lowest BCUT2D eigenvalue weighted by Gasteiger charge is -2.19. The molecule has 1 aliphatic carbocycles. The van der Waals surface area contributed by atoms with Gasteiger partial charge in [0.15, 0.2) is 0 Å². The molecule has 2 unspecified atom stereocenters. The van der Waals surface area contributed by atoms with Gasteiger partial charge >= 0.3 is 0 Å². The largest absolute Gasteiger partial charge is 0.0811 e. The molecular formula is C17H20. The van der Waals surface area contributed by atoms with Crippen LogP contribution in [-0.4, -0.2) is 0 Å². The maximum Gasteiger partial charge on any atom is -0.0124 e. The molecule has 0 fully saturated rings. The van der Waals surface area contributed by atoms with Crippen molar-refractivity contribution in [3.05, 3.63) is 65.8 Å². The number of fused-ring (bicyclic) bond motifs is 1. The number of rotatable bonds is 0. The van der Waals surface area contributed by atoms with Gasteiger partial charge in [-0.25, -0.2) is 0 Å². The third kappa shape index (κ3) is 2.97. The molecule has 88 valence electrons. The van der Waals surface area contributed by atoms with E-state index < -0.39 is 0 Å². The molecule has 1 aromatic carbocycles. The number of benzene rings is 1. The molecule has 0 aliphatic heterocycles. The average Bonchev–Trinajstić information content (AvgIpc) is 2.39. The van der Waals surface area contributed by atoms with E-state index in [0.29, 0.717) is 11.8 Å². The predicted octanol–water partition coefficient (Wildman–Crippen LogP) is 4.96. The van der Waals surface area contributed by atoms with E-state index in [1.807, 2.05) is 0 Å². The molecule has 0 N–H and O–H groups in total. The van der Waals surface area contributed by atoms with Gasteiger partial charge in [0.05, 0.1) is 0 Å². The van der Waals surface area contributed by atoms with Crippen LogP contribution in [0.2, 0.25) is 0 Å². The lowest BCUT2D eigenvalue weighted by Crippen LogP contribution is -2.05. The highest BCUT2D eigenvalue weighted by Gasteiger charge is 2.13. The van der Waals surface area contributed by atoms with Gasteiger partial charge in [-0.05, 0) is 29.4 Å². The fourth-order valence-corrected chi connectivity index (χ4v) is 2.20. The van der Waals surface area contributed by atoms with Crippen molar-refractivity contribution in [1.29, 1.82) is 0 Å². The number of hydrogen-bond donors (Lipinski definition) is 0. The maximum atomic E-state index is 2.31. The van der Waals surface area contributed by atoms with Crippen molar-refractivity contribution in [3.63, 3.8) is 0 Å². The lowest BCUT2D eigenvalue weighted by atomic mass is 9.86. The van der Waals surface area contributed by atoms with Gasteiger partial charge in [0.1, 0.15) is 0 Å². The van der Waals surface area contributed by atoms with Gasteiger partial charge in [0.25, 0.3) is 0 Å². The highest BCUT2D eigenvalue weighted by atomic mass is 14.2. The molecule has 0 spiro atoms. The predicted molar refractivity (Wildman–Crippen MR) is 76.0 cm³/mol. The smallest absolute Gasteiger partial charge is 0.0124 e. The van der Waals surface area contributed by atoms with Crippen LogP contribution in [-0.2, 0) is 0 Å². The van der Waals surface area contributed by atoms with Crippen LogP contribution in [0.4, 0.5) is 0 Å². The topological polar surface area (TPSA) is 0 Å². The Morgan fingerprint density at radius 1 is 1.00 bits per heavy atom. The molecule has 2 rings (SSSR count). The second-order valence-corrected chi connectivity index (χ2v) is 4.73. The Hall–Kier alpha value is -1.56.